The molecule has 17 heteroatoms. The Morgan fingerprint density at radius 3 is 0.765 bits per heavy atom. The molecule has 0 unspecified atom stereocenters. The maximum Gasteiger partial charge on any atom is 0.123 e. The van der Waals surface area contributed by atoms with E-state index in [9.17, 15) is 22.0 Å². The molecule has 7 nitrogen and oxygen atoms in total. The fourth-order valence-corrected chi connectivity index (χ4v) is 14.8. The van der Waals surface area contributed by atoms with E-state index in [1.54, 1.807) is 24.3 Å². The average molecular weight is 1700 g/mol. The van der Waals surface area contributed by atoms with Crippen LogP contribution in [0.4, 0.5) is 93.9 Å². The smallest absolute Gasteiger partial charge is 0.123 e. The Labute approximate surface area is 703 Å². The lowest BCUT2D eigenvalue weighted by atomic mass is 10.0. The van der Waals surface area contributed by atoms with Gasteiger partial charge in [-0.1, -0.05) is 177 Å². The summed E-state index contributed by atoms with van der Waals surface area (Å²) in [5.41, 5.74) is 28.4. The molecular formula is C102H74BBr2F7N7. The molecule has 3 radical (unpaired) electrons. The topological polar surface area (TPSA) is 66.4 Å². The Bertz CT molecular complexity index is 6140. The monoisotopic (exact) mass is 1700 g/mol. The second-order valence-corrected chi connectivity index (χ2v) is 29.3. The molecule has 0 saturated carbocycles. The van der Waals surface area contributed by atoms with Gasteiger partial charge in [0.15, 0.2) is 0 Å². The van der Waals surface area contributed by atoms with Crippen molar-refractivity contribution in [2.45, 2.75) is 0 Å². The summed E-state index contributed by atoms with van der Waals surface area (Å²) < 4.78 is 73.6. The molecule has 2 heterocycles. The summed E-state index contributed by atoms with van der Waals surface area (Å²) >= 11 is 6.84. The van der Waals surface area contributed by atoms with Crippen LogP contribution in [-0.4, -0.2) is 17.5 Å². The van der Waals surface area contributed by atoms with E-state index in [1.807, 2.05) is 84.9 Å². The normalized spacial score (nSPS) is 10.6. The first-order valence-electron chi connectivity index (χ1n) is 37.5. The Morgan fingerprint density at radius 1 is 0.235 bits per heavy atom. The first-order valence-corrected chi connectivity index (χ1v) is 39.1. The molecule has 0 fully saturated rings. The van der Waals surface area contributed by atoms with Crippen LogP contribution >= 0.6 is 31.9 Å². The van der Waals surface area contributed by atoms with Gasteiger partial charge in [-0.05, 0) is 300 Å². The van der Waals surface area contributed by atoms with Gasteiger partial charge in [0, 0.05) is 113 Å². The van der Waals surface area contributed by atoms with Crippen molar-refractivity contribution < 1.29 is 31.4 Å². The third-order valence-electron chi connectivity index (χ3n) is 19.9. The van der Waals surface area contributed by atoms with Gasteiger partial charge in [-0.2, -0.15) is 0 Å². The largest absolute Gasteiger partial charge is 0.399 e. The molecule has 0 aliphatic carbocycles. The molecule has 0 aliphatic heterocycles. The number of nitrogens with zero attached hydrogens (tertiary/aromatic N) is 4. The Balaban J connectivity index is 0.000000188. The van der Waals surface area contributed by atoms with Crippen LogP contribution in [0.15, 0.2) is 421 Å². The van der Waals surface area contributed by atoms with Crippen molar-refractivity contribution in [2.75, 3.05) is 26.2 Å². The van der Waals surface area contributed by atoms with E-state index in [2.05, 4.69) is 292 Å². The first-order chi connectivity index (χ1) is 56.7. The van der Waals surface area contributed by atoms with E-state index in [0.29, 0.717) is 5.69 Å². The number of anilines is 11. The van der Waals surface area contributed by atoms with Crippen LogP contribution in [0.2, 0.25) is 0 Å². The van der Waals surface area contributed by atoms with Crippen LogP contribution in [-0.2, 0) is 0 Å². The molecular weight excluding hydrogens is 1630 g/mol. The zero-order valence-corrected chi connectivity index (χ0v) is 66.8. The van der Waals surface area contributed by atoms with E-state index in [4.69, 9.17) is 5.73 Å². The molecule has 0 saturated heterocycles. The highest BCUT2D eigenvalue weighted by atomic mass is 79.9. The quantitative estimate of drug-likeness (QED) is 0.0542. The molecule has 19 rings (SSSR count). The number of para-hydroxylation sites is 4. The third kappa shape index (κ3) is 19.4. The van der Waals surface area contributed by atoms with Gasteiger partial charge in [0.1, 0.15) is 29.1 Å². The van der Waals surface area contributed by atoms with E-state index >= 15 is 0 Å². The summed E-state index contributed by atoms with van der Waals surface area (Å²) in [6.07, 6.45) is 0. The zero-order chi connectivity index (χ0) is 79.4. The highest BCUT2D eigenvalue weighted by molar-refractivity contribution is 9.10. The number of rotatable bonds is 15. The first kappa shape index (κ1) is 82.8. The zero-order valence-electron chi connectivity index (χ0n) is 63.7. The molecule has 0 aliphatic rings. The number of nitrogen functional groups attached to an aromatic ring is 1. The Morgan fingerprint density at radius 2 is 0.462 bits per heavy atom. The third-order valence-corrected chi connectivity index (χ3v) is 20.9. The van der Waals surface area contributed by atoms with Crippen LogP contribution in [0.25, 0.3) is 88.4 Å². The van der Waals surface area contributed by atoms with E-state index in [-0.39, 0.29) is 46.9 Å². The summed E-state index contributed by atoms with van der Waals surface area (Å²) in [6, 6.07) is 132. The molecule has 19 aromatic rings. The average Bonchev–Trinajstić information content (AvgIpc) is 1.60. The summed E-state index contributed by atoms with van der Waals surface area (Å²) in [5, 5.41) is 11.1. The van der Waals surface area contributed by atoms with Crippen LogP contribution in [0.5, 0.6) is 0 Å². The van der Waals surface area contributed by atoms with Crippen LogP contribution < -0.4 is 26.2 Å². The number of hydrogen-bond acceptors (Lipinski definition) is 5. The predicted octanol–water partition coefficient (Wildman–Crippen LogP) is 30.1. The molecule has 0 bridgehead atoms. The minimum atomic E-state index is -0.284. The number of nitrogens with two attached hydrogens (primary N) is 1. The number of hydrogen-bond donors (Lipinski definition) is 3. The molecule has 0 amide bonds. The molecule has 4 N–H and O–H groups in total. The lowest BCUT2D eigenvalue weighted by Gasteiger charge is -2.26. The molecule has 0 atom stereocenters. The summed E-state index contributed by atoms with van der Waals surface area (Å²) in [7, 11) is 0. The van der Waals surface area contributed by atoms with Crippen molar-refractivity contribution in [3.8, 4) is 44.8 Å². The fourth-order valence-electron chi connectivity index (χ4n) is 14.2. The Kier molecular flexibility index (Phi) is 26.5. The molecule has 583 valence electrons. The van der Waals surface area contributed by atoms with Crippen molar-refractivity contribution in [1.82, 2.24) is 9.13 Å². The van der Waals surface area contributed by atoms with E-state index in [0.717, 1.165) is 143 Å². The van der Waals surface area contributed by atoms with Gasteiger partial charge in [0.05, 0.1) is 22.1 Å². The maximum atomic E-state index is 14.4. The number of aromatic nitrogens is 2. The minimum Gasteiger partial charge on any atom is -0.399 e. The minimum absolute atomic E-state index is 0. The van der Waals surface area contributed by atoms with Gasteiger partial charge < -0.3 is 35.3 Å². The highest BCUT2D eigenvalue weighted by Gasteiger charge is 2.21. The molecule has 119 heavy (non-hydrogen) atoms. The van der Waals surface area contributed by atoms with Crippen LogP contribution in [0, 0.1) is 29.1 Å². The second kappa shape index (κ2) is 38.1. The molecule has 2 aromatic heterocycles. The molecule has 17 aromatic carbocycles. The second-order valence-electron chi connectivity index (χ2n) is 27.5. The number of nitrogens with one attached hydrogen (secondary N) is 2. The van der Waals surface area contributed by atoms with Crippen molar-refractivity contribution in [2.24, 2.45) is 0 Å². The predicted molar refractivity (Wildman–Crippen MR) is 490 cm³/mol. The van der Waals surface area contributed by atoms with Crippen molar-refractivity contribution in [1.29, 1.82) is 0 Å². The number of benzene rings is 17. The van der Waals surface area contributed by atoms with Crippen molar-refractivity contribution in [3.63, 3.8) is 0 Å². The van der Waals surface area contributed by atoms with E-state index < -0.39 is 0 Å². The van der Waals surface area contributed by atoms with Crippen LogP contribution in [0.1, 0.15) is 0 Å². The summed E-state index contributed by atoms with van der Waals surface area (Å²) in [6.45, 7) is 0. The molecule has 0 spiro atoms. The number of halogens is 9. The van der Waals surface area contributed by atoms with Gasteiger partial charge in [-0.25, -0.2) is 22.0 Å². The maximum absolute atomic E-state index is 14.4. The lowest BCUT2D eigenvalue weighted by molar-refractivity contribution is 0.627. The van der Waals surface area contributed by atoms with E-state index in [1.165, 1.54) is 83.9 Å². The fraction of sp³-hybridized carbons (Fsp3) is 0. The summed E-state index contributed by atoms with van der Waals surface area (Å²) in [4.78, 5) is 4.35. The Hall–Kier alpha value is -14.1. The van der Waals surface area contributed by atoms with Gasteiger partial charge in [-0.3, -0.25) is 9.41 Å². The van der Waals surface area contributed by atoms with Crippen molar-refractivity contribution in [3.05, 3.63) is 451 Å². The summed E-state index contributed by atoms with van der Waals surface area (Å²) in [5.74, 6) is -1.32. The standard InChI is InChI=1S/C60H40F2N4.C24H18F2N2.C12H8Br2.C6H6FN.B.2FH/c61-43-23-31-49(32-24-43)63(51-35-37-59-55(39-51)53-15-7-9-17-57(53)65(59)45-11-3-1-4-12-45)47-27-19-41(20-28-47)42-21-29-48(30-22-42)64(50-33-25-44(62)26-34-50)52-36-38-60-56(40-52)54-16-8-10-18-58(54)66(60)46-13-5-2-6-14-46;25-19-5-13-23(14-6-19)27-21-9-1-17(2-10-21)18-3-11-22(12-4-18)28-24-15-7-20(26)8-16-24;13-11-5-1-9(2-6-11)10-3-7-12(14)8-4-10;7-5-1-3-6(8)4-2-5;;;/h1-40H;1-16,27-28H;1-8H;1-4H,8H2;;2*1H. The van der Waals surface area contributed by atoms with Gasteiger partial charge in [0.2, 0.25) is 0 Å². The lowest BCUT2D eigenvalue weighted by Crippen LogP contribution is -2.10. The van der Waals surface area contributed by atoms with Gasteiger partial charge in [0.25, 0.3) is 0 Å². The van der Waals surface area contributed by atoms with Gasteiger partial charge >= 0.3 is 0 Å². The van der Waals surface area contributed by atoms with Crippen molar-refractivity contribution >= 4 is 146 Å². The number of fused-ring (bicyclic) bond motifs is 6. The van der Waals surface area contributed by atoms with Crippen LogP contribution in [0.3, 0.4) is 0 Å². The SMILES string of the molecule is Brc1ccc(-c2ccc(Br)cc2)cc1.F.F.Fc1ccc(N(c2ccc(-c3ccc(N(c4ccc(F)cc4)c4ccc5c(c4)c4ccccc4n5-c4ccccc4)cc3)cc2)c2ccc3c(c2)c2ccccc2n3-c2ccccc2)cc1.Fc1ccc(Nc2ccc(-c3ccc(Nc4ccc(F)cc4)cc3)cc2)cc1.Nc1ccc(F)cc1.[B]. The highest BCUT2D eigenvalue weighted by Crippen LogP contribution is 2.44. The van der Waals surface area contributed by atoms with Gasteiger partial charge in [-0.15, -0.1) is 0 Å².